The largest absolute Gasteiger partial charge is 0.399 e. The van der Waals surface area contributed by atoms with Crippen LogP contribution >= 0.6 is 23.1 Å². The van der Waals surface area contributed by atoms with E-state index in [-0.39, 0.29) is 5.78 Å². The molecule has 0 fully saturated rings. The van der Waals surface area contributed by atoms with Gasteiger partial charge in [0.1, 0.15) is 0 Å². The number of nitrogen functional groups attached to an aromatic ring is 1. The molecular weight excluding hydrogens is 336 g/mol. The van der Waals surface area contributed by atoms with Gasteiger partial charge in [0, 0.05) is 17.9 Å². The third-order valence-electron chi connectivity index (χ3n) is 3.66. The van der Waals surface area contributed by atoms with E-state index in [0.717, 1.165) is 27.9 Å². The summed E-state index contributed by atoms with van der Waals surface area (Å²) in [5.41, 5.74) is 9.93. The first-order valence-electron chi connectivity index (χ1n) is 7.68. The van der Waals surface area contributed by atoms with Gasteiger partial charge < -0.3 is 10.6 Å². The van der Waals surface area contributed by atoms with E-state index in [9.17, 15) is 4.79 Å². The van der Waals surface area contributed by atoms with E-state index in [1.165, 1.54) is 22.9 Å². The number of thioether (sulfide) groups is 1. The van der Waals surface area contributed by atoms with E-state index in [4.69, 9.17) is 5.73 Å². The molecule has 0 radical (unpaired) electrons. The first-order chi connectivity index (χ1) is 11.4. The molecule has 0 aliphatic carbocycles. The Balaban J connectivity index is 0.000000174. The molecule has 0 bridgehead atoms. The maximum Gasteiger partial charge on any atom is 0.168 e. The fraction of sp³-hybridized carbons (Fsp3) is 0.211. The average Bonchev–Trinajstić information content (AvgIpc) is 3.17. The van der Waals surface area contributed by atoms with Crippen molar-refractivity contribution in [3.05, 3.63) is 63.3 Å². The smallest absolute Gasteiger partial charge is 0.168 e. The lowest BCUT2D eigenvalue weighted by Gasteiger charge is -2.17. The molecule has 5 heteroatoms. The molecule has 0 atom stereocenters. The number of carbonyl (C=O) groups excluding carboxylic acids is 1. The van der Waals surface area contributed by atoms with Crippen LogP contribution in [0.25, 0.3) is 11.1 Å². The Morgan fingerprint density at radius 1 is 1.21 bits per heavy atom. The highest BCUT2D eigenvalue weighted by atomic mass is 32.2. The normalized spacial score (nSPS) is 13.8. The lowest BCUT2D eigenvalue weighted by molar-refractivity contribution is -0.113. The quantitative estimate of drug-likeness (QED) is 0.752. The molecule has 1 aromatic carbocycles. The molecule has 0 saturated heterocycles. The molecule has 24 heavy (non-hydrogen) atoms. The number of hydrogen-bond acceptors (Lipinski definition) is 5. The Morgan fingerprint density at radius 3 is 2.29 bits per heavy atom. The van der Waals surface area contributed by atoms with Crippen molar-refractivity contribution in [2.45, 2.75) is 20.8 Å². The van der Waals surface area contributed by atoms with Gasteiger partial charge in [0.15, 0.2) is 5.78 Å². The molecule has 0 amide bonds. The highest BCUT2D eigenvalue weighted by Crippen LogP contribution is 2.39. The molecular formula is C19H22N2OS2. The summed E-state index contributed by atoms with van der Waals surface area (Å²) in [6.45, 7) is 10.4. The van der Waals surface area contributed by atoms with Crippen molar-refractivity contribution < 1.29 is 4.79 Å². The number of nitrogens with zero attached hydrogens (tertiary/aromatic N) is 1. The molecule has 126 valence electrons. The van der Waals surface area contributed by atoms with E-state index in [1.54, 1.807) is 18.3 Å². The van der Waals surface area contributed by atoms with Gasteiger partial charge in [-0.15, -0.1) is 0 Å². The van der Waals surface area contributed by atoms with E-state index in [0.29, 0.717) is 0 Å². The van der Waals surface area contributed by atoms with Gasteiger partial charge >= 0.3 is 0 Å². The minimum absolute atomic E-state index is 0.134. The van der Waals surface area contributed by atoms with Crippen LogP contribution in [-0.2, 0) is 4.79 Å². The van der Waals surface area contributed by atoms with E-state index in [1.807, 2.05) is 31.2 Å². The monoisotopic (exact) mass is 358 g/mol. The summed E-state index contributed by atoms with van der Waals surface area (Å²) in [5.74, 6) is 0.134. The minimum Gasteiger partial charge on any atom is -0.399 e. The number of Topliss-reactive ketones (excluding diaryl/α,β-unsaturated/α-hetero) is 1. The second kappa shape index (κ2) is 8.22. The second-order valence-electron chi connectivity index (χ2n) is 5.34. The maximum absolute atomic E-state index is 11.1. The number of benzene rings is 1. The molecule has 0 spiro atoms. The summed E-state index contributed by atoms with van der Waals surface area (Å²) in [7, 11) is 0. The van der Waals surface area contributed by atoms with Crippen LogP contribution in [0.5, 0.6) is 0 Å². The predicted molar refractivity (Wildman–Crippen MR) is 107 cm³/mol. The van der Waals surface area contributed by atoms with Crippen molar-refractivity contribution in [1.29, 1.82) is 0 Å². The molecule has 3 nitrogen and oxygen atoms in total. The molecule has 1 aliphatic heterocycles. The summed E-state index contributed by atoms with van der Waals surface area (Å²) >= 11 is 3.18. The van der Waals surface area contributed by atoms with Gasteiger partial charge in [0.05, 0.1) is 9.93 Å². The van der Waals surface area contributed by atoms with Crippen LogP contribution in [0.1, 0.15) is 20.8 Å². The fourth-order valence-corrected chi connectivity index (χ4v) is 4.08. The van der Waals surface area contributed by atoms with E-state index >= 15 is 0 Å². The van der Waals surface area contributed by atoms with E-state index in [2.05, 4.69) is 35.2 Å². The van der Waals surface area contributed by atoms with Crippen molar-refractivity contribution in [2.75, 3.05) is 12.3 Å². The standard InChI is InChI=1S/C10H9NS.C9H13NOS/c11-10-3-1-8(2-4-10)9-5-6-12-7-9;1-5-10-6(2)9(7(3)11)12-8(10)4/h1-7H,11H2;4-5H2,1-3H3. The second-order valence-corrected chi connectivity index (χ2v) is 7.21. The SMILES string of the molecule is C=C1SC(C(C)=O)=C(C)N1CC.Nc1ccc(-c2ccsc2)cc1. The highest BCUT2D eigenvalue weighted by molar-refractivity contribution is 8.07. The van der Waals surface area contributed by atoms with Crippen LogP contribution in [0.15, 0.2) is 63.3 Å². The minimum atomic E-state index is 0.134. The number of carbonyl (C=O) groups is 1. The molecule has 2 heterocycles. The van der Waals surface area contributed by atoms with Gasteiger partial charge in [-0.1, -0.05) is 30.5 Å². The number of rotatable bonds is 3. The summed E-state index contributed by atoms with van der Waals surface area (Å²) in [5, 5.41) is 5.16. The summed E-state index contributed by atoms with van der Waals surface area (Å²) in [4.78, 5) is 14.0. The lowest BCUT2D eigenvalue weighted by Crippen LogP contribution is -2.14. The molecule has 2 aromatic rings. The Bertz CT molecular complexity index is 746. The number of anilines is 1. The van der Waals surface area contributed by atoms with Crippen LogP contribution in [0.2, 0.25) is 0 Å². The Kier molecular flexibility index (Phi) is 6.29. The zero-order valence-electron chi connectivity index (χ0n) is 14.2. The number of hydrogen-bond donors (Lipinski definition) is 1. The zero-order valence-corrected chi connectivity index (χ0v) is 15.8. The van der Waals surface area contributed by atoms with Gasteiger partial charge in [0.25, 0.3) is 0 Å². The molecule has 1 aromatic heterocycles. The van der Waals surface area contributed by atoms with Gasteiger partial charge in [-0.05, 0) is 60.9 Å². The predicted octanol–water partition coefficient (Wildman–Crippen LogP) is 5.34. The zero-order chi connectivity index (χ0) is 17.7. The Morgan fingerprint density at radius 2 is 1.88 bits per heavy atom. The highest BCUT2D eigenvalue weighted by Gasteiger charge is 2.24. The van der Waals surface area contributed by atoms with Gasteiger partial charge in [-0.3, -0.25) is 4.79 Å². The third-order valence-corrected chi connectivity index (χ3v) is 5.58. The number of nitrogens with two attached hydrogens (primary N) is 1. The van der Waals surface area contributed by atoms with Crippen molar-refractivity contribution in [1.82, 2.24) is 4.90 Å². The summed E-state index contributed by atoms with van der Waals surface area (Å²) in [6, 6.07) is 10.0. The van der Waals surface area contributed by atoms with Gasteiger partial charge in [-0.25, -0.2) is 0 Å². The van der Waals surface area contributed by atoms with Crippen LogP contribution in [0.4, 0.5) is 5.69 Å². The molecule has 1 aliphatic rings. The van der Waals surface area contributed by atoms with E-state index < -0.39 is 0 Å². The maximum atomic E-state index is 11.1. The molecule has 3 rings (SSSR count). The first kappa shape index (κ1) is 18.4. The van der Waals surface area contributed by atoms with Crippen LogP contribution < -0.4 is 5.73 Å². The molecule has 0 saturated carbocycles. The lowest BCUT2D eigenvalue weighted by atomic mass is 10.1. The van der Waals surface area contributed by atoms with Crippen LogP contribution in [0.3, 0.4) is 0 Å². The van der Waals surface area contributed by atoms with Crippen molar-refractivity contribution >= 4 is 34.6 Å². The summed E-state index contributed by atoms with van der Waals surface area (Å²) < 4.78 is 0. The molecule has 0 unspecified atom stereocenters. The third kappa shape index (κ3) is 4.30. The number of thiophene rings is 1. The molecule has 2 N–H and O–H groups in total. The van der Waals surface area contributed by atoms with Crippen molar-refractivity contribution in [3.63, 3.8) is 0 Å². The number of allylic oxidation sites excluding steroid dienone is 2. The number of ketones is 1. The Labute approximate surface area is 151 Å². The van der Waals surface area contributed by atoms with Crippen molar-refractivity contribution in [2.24, 2.45) is 0 Å². The summed E-state index contributed by atoms with van der Waals surface area (Å²) in [6.07, 6.45) is 0. The van der Waals surface area contributed by atoms with Gasteiger partial charge in [0.2, 0.25) is 0 Å². The first-order valence-corrected chi connectivity index (χ1v) is 9.44. The van der Waals surface area contributed by atoms with Crippen molar-refractivity contribution in [3.8, 4) is 11.1 Å². The Hall–Kier alpha value is -1.98. The topological polar surface area (TPSA) is 46.3 Å². The average molecular weight is 359 g/mol. The fourth-order valence-electron chi connectivity index (χ4n) is 2.40. The van der Waals surface area contributed by atoms with Crippen LogP contribution in [0, 0.1) is 0 Å². The van der Waals surface area contributed by atoms with Crippen LogP contribution in [-0.4, -0.2) is 17.2 Å². The van der Waals surface area contributed by atoms with Gasteiger partial charge in [-0.2, -0.15) is 11.3 Å².